The molecule has 0 spiro atoms. The molecule has 0 amide bonds. The first-order valence-corrected chi connectivity index (χ1v) is 6.22. The minimum absolute atomic E-state index is 0.145. The van der Waals surface area contributed by atoms with E-state index >= 15 is 0 Å². The maximum absolute atomic E-state index is 12.4. The van der Waals surface area contributed by atoms with Crippen LogP contribution in [0.4, 0.5) is 4.39 Å². The van der Waals surface area contributed by atoms with Crippen molar-refractivity contribution < 1.29 is 4.39 Å². The molecular weight excluding hydrogens is 257 g/mol. The van der Waals surface area contributed by atoms with E-state index in [0.29, 0.717) is 0 Å². The molecule has 2 N–H and O–H groups in total. The Morgan fingerprint density at radius 2 is 1.91 bits per heavy atom. The molecule has 0 aliphatic rings. The molecule has 1 aromatic rings. The van der Waals surface area contributed by atoms with Crippen molar-refractivity contribution in [1.82, 2.24) is 0 Å². The van der Waals surface area contributed by atoms with Crippen LogP contribution in [-0.2, 0) is 0 Å². The van der Waals surface area contributed by atoms with E-state index in [1.807, 2.05) is 12.1 Å². The molecule has 0 radical (unpaired) electrons. The van der Waals surface area contributed by atoms with Gasteiger partial charge in [0.2, 0.25) is 0 Å². The van der Waals surface area contributed by atoms with Gasteiger partial charge in [-0.15, -0.1) is 0 Å². The molecule has 0 unspecified atom stereocenters. The van der Waals surface area contributed by atoms with Crippen LogP contribution in [0.25, 0.3) is 0 Å². The number of hydrogen-bond acceptors (Lipinski definition) is 1. The average Bonchev–Trinajstić information content (AvgIpc) is 2.04. The standard InChI is InChI=1S/C8H10FNTe/c9-7-1-3-8(4-2-7)11-6-5-10/h1-4H,5-6,10H2. The number of benzene rings is 1. The third-order valence-electron chi connectivity index (χ3n) is 1.20. The SMILES string of the molecule is NCC[Te]c1ccc(F)cc1. The van der Waals surface area contributed by atoms with Crippen LogP contribution in [0, 0.1) is 5.82 Å². The summed E-state index contributed by atoms with van der Waals surface area (Å²) in [7, 11) is 0. The number of halogens is 1. The normalized spacial score (nSPS) is 10.0. The van der Waals surface area contributed by atoms with E-state index in [1.165, 1.54) is 15.7 Å². The van der Waals surface area contributed by atoms with Gasteiger partial charge in [-0.2, -0.15) is 0 Å². The monoisotopic (exact) mass is 269 g/mol. The molecular formula is C8H10FNTe. The molecule has 0 fully saturated rings. The second kappa shape index (κ2) is 4.71. The third-order valence-corrected chi connectivity index (χ3v) is 4.18. The van der Waals surface area contributed by atoms with Gasteiger partial charge in [0, 0.05) is 0 Å². The quantitative estimate of drug-likeness (QED) is 0.794. The van der Waals surface area contributed by atoms with Gasteiger partial charge in [-0.25, -0.2) is 0 Å². The van der Waals surface area contributed by atoms with Crippen molar-refractivity contribution in [3.63, 3.8) is 0 Å². The van der Waals surface area contributed by atoms with Crippen LogP contribution in [-0.4, -0.2) is 27.5 Å². The molecule has 1 aromatic carbocycles. The Morgan fingerprint density at radius 1 is 1.27 bits per heavy atom. The summed E-state index contributed by atoms with van der Waals surface area (Å²) in [6.45, 7) is 0.750. The first kappa shape index (κ1) is 8.99. The molecule has 3 heteroatoms. The van der Waals surface area contributed by atoms with Gasteiger partial charge in [-0.05, 0) is 0 Å². The number of rotatable bonds is 3. The summed E-state index contributed by atoms with van der Waals surface area (Å²) in [5.74, 6) is -0.158. The van der Waals surface area contributed by atoms with Crippen molar-refractivity contribution in [1.29, 1.82) is 0 Å². The fraction of sp³-hybridized carbons (Fsp3) is 0.250. The van der Waals surface area contributed by atoms with E-state index in [1.54, 1.807) is 0 Å². The van der Waals surface area contributed by atoms with Crippen LogP contribution >= 0.6 is 0 Å². The minimum atomic E-state index is -0.158. The van der Waals surface area contributed by atoms with E-state index in [0.717, 1.165) is 11.0 Å². The molecule has 0 bridgehead atoms. The zero-order valence-corrected chi connectivity index (χ0v) is 8.42. The fourth-order valence-electron chi connectivity index (χ4n) is 0.708. The first-order chi connectivity index (χ1) is 5.33. The molecule has 0 aromatic heterocycles. The Morgan fingerprint density at radius 3 is 2.45 bits per heavy atom. The summed E-state index contributed by atoms with van der Waals surface area (Å²) in [4.78, 5) is 0. The van der Waals surface area contributed by atoms with Gasteiger partial charge >= 0.3 is 75.8 Å². The topological polar surface area (TPSA) is 26.0 Å². The maximum atomic E-state index is 12.4. The van der Waals surface area contributed by atoms with Crippen LogP contribution in [0.3, 0.4) is 0 Å². The molecule has 11 heavy (non-hydrogen) atoms. The van der Waals surface area contributed by atoms with Crippen molar-refractivity contribution in [2.24, 2.45) is 5.73 Å². The molecule has 0 aliphatic carbocycles. The molecule has 1 rings (SSSR count). The Kier molecular flexibility index (Phi) is 3.85. The Labute approximate surface area is 75.9 Å². The third kappa shape index (κ3) is 3.20. The number of hydrogen-bond donors (Lipinski definition) is 1. The van der Waals surface area contributed by atoms with Gasteiger partial charge in [0.25, 0.3) is 0 Å². The molecule has 0 saturated heterocycles. The zero-order valence-electron chi connectivity index (χ0n) is 6.09. The van der Waals surface area contributed by atoms with Crippen LogP contribution in [0.1, 0.15) is 0 Å². The summed E-state index contributed by atoms with van der Waals surface area (Å²) in [5, 5.41) is 0. The zero-order chi connectivity index (χ0) is 8.10. The predicted molar refractivity (Wildman–Crippen MR) is 45.6 cm³/mol. The second-order valence-electron chi connectivity index (χ2n) is 2.09. The van der Waals surface area contributed by atoms with E-state index in [4.69, 9.17) is 5.73 Å². The summed E-state index contributed by atoms with van der Waals surface area (Å²) in [6.07, 6.45) is 0. The predicted octanol–water partition coefficient (Wildman–Crippen LogP) is 0.532. The van der Waals surface area contributed by atoms with Gasteiger partial charge in [0.05, 0.1) is 0 Å². The van der Waals surface area contributed by atoms with Crippen LogP contribution in [0.2, 0.25) is 4.47 Å². The van der Waals surface area contributed by atoms with Gasteiger partial charge in [-0.3, -0.25) is 0 Å². The summed E-state index contributed by atoms with van der Waals surface area (Å²) in [5.41, 5.74) is 5.36. The molecule has 60 valence electrons. The first-order valence-electron chi connectivity index (χ1n) is 3.41. The van der Waals surface area contributed by atoms with E-state index in [9.17, 15) is 4.39 Å². The van der Waals surface area contributed by atoms with Gasteiger partial charge in [0.1, 0.15) is 0 Å². The van der Waals surface area contributed by atoms with Crippen LogP contribution < -0.4 is 9.35 Å². The summed E-state index contributed by atoms with van der Waals surface area (Å²) >= 11 is -0.145. The summed E-state index contributed by atoms with van der Waals surface area (Å²) in [6, 6.07) is 6.73. The van der Waals surface area contributed by atoms with Crippen molar-refractivity contribution in [3.05, 3.63) is 30.1 Å². The molecule has 0 heterocycles. The Hall–Kier alpha value is -0.100. The summed E-state index contributed by atoms with van der Waals surface area (Å²) < 4.78 is 14.8. The van der Waals surface area contributed by atoms with Gasteiger partial charge in [0.15, 0.2) is 0 Å². The second-order valence-corrected chi connectivity index (χ2v) is 5.43. The van der Waals surface area contributed by atoms with Crippen LogP contribution in [0.5, 0.6) is 0 Å². The van der Waals surface area contributed by atoms with Crippen molar-refractivity contribution in [2.45, 2.75) is 4.47 Å². The van der Waals surface area contributed by atoms with Crippen molar-refractivity contribution in [2.75, 3.05) is 6.54 Å². The van der Waals surface area contributed by atoms with Gasteiger partial charge in [-0.1, -0.05) is 0 Å². The molecule has 0 aliphatic heterocycles. The van der Waals surface area contributed by atoms with E-state index in [2.05, 4.69) is 0 Å². The van der Waals surface area contributed by atoms with Crippen LogP contribution in [0.15, 0.2) is 24.3 Å². The fourth-order valence-corrected chi connectivity index (χ4v) is 2.65. The molecule has 0 atom stereocenters. The van der Waals surface area contributed by atoms with Gasteiger partial charge < -0.3 is 0 Å². The molecule has 0 saturated carbocycles. The average molecular weight is 267 g/mol. The molecule has 1 nitrogen and oxygen atoms in total. The Balaban J connectivity index is 2.52. The van der Waals surface area contributed by atoms with E-state index < -0.39 is 0 Å². The van der Waals surface area contributed by atoms with Crippen molar-refractivity contribution in [3.8, 4) is 0 Å². The Bertz CT molecular complexity index is 210. The van der Waals surface area contributed by atoms with Crippen molar-refractivity contribution >= 4 is 24.5 Å². The number of nitrogens with two attached hydrogens (primary N) is 1. The van der Waals surface area contributed by atoms with E-state index in [-0.39, 0.29) is 26.7 Å².